The van der Waals surface area contributed by atoms with Gasteiger partial charge in [0.25, 0.3) is 0 Å². The lowest BCUT2D eigenvalue weighted by molar-refractivity contribution is -0.889. The molecule has 0 bridgehead atoms. The molecule has 0 unspecified atom stereocenters. The van der Waals surface area contributed by atoms with Crippen LogP contribution in [0.1, 0.15) is 5.82 Å². The molecule has 56 valence electrons. The third-order valence-electron chi connectivity index (χ3n) is 1.37. The zero-order valence-electron chi connectivity index (χ0n) is 6.37. The molecule has 0 saturated carbocycles. The largest absolute Gasteiger partial charge is 0.339 e. The lowest BCUT2D eigenvalue weighted by Crippen LogP contribution is -2.42. The molecule has 1 aromatic heterocycles. The molecular formula is C6H11N2O2+. The van der Waals surface area contributed by atoms with E-state index in [1.54, 1.807) is 36.1 Å². The van der Waals surface area contributed by atoms with Crippen LogP contribution >= 0.6 is 0 Å². The van der Waals surface area contributed by atoms with E-state index < -0.39 is 0 Å². The van der Waals surface area contributed by atoms with Gasteiger partial charge in [-0.25, -0.2) is 0 Å². The molecule has 0 spiro atoms. The summed E-state index contributed by atoms with van der Waals surface area (Å²) in [5.74, 6) is 0.894. The Kier molecular flexibility index (Phi) is 1.80. The van der Waals surface area contributed by atoms with E-state index >= 15 is 0 Å². The van der Waals surface area contributed by atoms with Crippen molar-refractivity contribution in [1.29, 1.82) is 0 Å². The molecule has 0 fully saturated rings. The Morgan fingerprint density at radius 2 is 2.20 bits per heavy atom. The second kappa shape index (κ2) is 2.60. The van der Waals surface area contributed by atoms with Gasteiger partial charge in [-0.1, -0.05) is 0 Å². The number of hydrogen-bond donors (Lipinski definition) is 0. The summed E-state index contributed by atoms with van der Waals surface area (Å²) in [6.07, 6.45) is 3.55. The van der Waals surface area contributed by atoms with E-state index in [1.807, 2.05) is 6.92 Å². The smallest absolute Gasteiger partial charge is 0.331 e. The minimum absolute atomic E-state index is 0.894. The molecular weight excluding hydrogens is 132 g/mol. The summed E-state index contributed by atoms with van der Waals surface area (Å²) in [5.41, 5.74) is 0. The van der Waals surface area contributed by atoms with Crippen molar-refractivity contribution in [2.75, 3.05) is 14.2 Å². The van der Waals surface area contributed by atoms with E-state index in [4.69, 9.17) is 9.68 Å². The van der Waals surface area contributed by atoms with Gasteiger partial charge in [0, 0.05) is 6.92 Å². The first kappa shape index (κ1) is 6.92. The number of imidazole rings is 1. The predicted molar refractivity (Wildman–Crippen MR) is 34.4 cm³/mol. The van der Waals surface area contributed by atoms with Gasteiger partial charge < -0.3 is 9.68 Å². The van der Waals surface area contributed by atoms with E-state index in [0.29, 0.717) is 0 Å². The van der Waals surface area contributed by atoms with E-state index in [0.717, 1.165) is 5.82 Å². The standard InChI is InChI=1S/C6H11N2O2/c1-6-7(9-2)4-5-8(6)10-3/h4-5H,1-3H3/q+1. The molecule has 10 heavy (non-hydrogen) atoms. The van der Waals surface area contributed by atoms with Crippen LogP contribution in [0.3, 0.4) is 0 Å². The van der Waals surface area contributed by atoms with Crippen LogP contribution in [0.5, 0.6) is 0 Å². The molecule has 0 aliphatic heterocycles. The molecule has 0 radical (unpaired) electrons. The first-order valence-corrected chi connectivity index (χ1v) is 2.98. The van der Waals surface area contributed by atoms with Crippen molar-refractivity contribution >= 4 is 0 Å². The van der Waals surface area contributed by atoms with Crippen molar-refractivity contribution < 1.29 is 14.4 Å². The number of hydrogen-bond acceptors (Lipinski definition) is 2. The second-order valence-electron chi connectivity index (χ2n) is 1.86. The van der Waals surface area contributed by atoms with Crippen LogP contribution < -0.4 is 14.4 Å². The average Bonchev–Trinajstić information content (AvgIpc) is 2.30. The van der Waals surface area contributed by atoms with Crippen LogP contribution in [0.15, 0.2) is 12.4 Å². The highest BCUT2D eigenvalue weighted by atomic mass is 16.7. The van der Waals surface area contributed by atoms with E-state index in [2.05, 4.69) is 0 Å². The van der Waals surface area contributed by atoms with Gasteiger partial charge in [0.15, 0.2) is 12.4 Å². The lowest BCUT2D eigenvalue weighted by Gasteiger charge is -1.93. The molecule has 0 aromatic carbocycles. The van der Waals surface area contributed by atoms with Gasteiger partial charge in [-0.2, -0.15) is 0 Å². The summed E-state index contributed by atoms with van der Waals surface area (Å²) in [6, 6.07) is 0. The Morgan fingerprint density at radius 3 is 2.50 bits per heavy atom. The molecule has 0 aliphatic rings. The van der Waals surface area contributed by atoms with Gasteiger partial charge in [0.2, 0.25) is 0 Å². The van der Waals surface area contributed by atoms with Crippen LogP contribution in [0.25, 0.3) is 0 Å². The molecule has 1 aromatic rings. The molecule has 0 N–H and O–H groups in total. The monoisotopic (exact) mass is 143 g/mol. The topological polar surface area (TPSA) is 27.3 Å². The Hall–Kier alpha value is -1.19. The summed E-state index contributed by atoms with van der Waals surface area (Å²) in [6.45, 7) is 1.90. The van der Waals surface area contributed by atoms with Gasteiger partial charge >= 0.3 is 5.82 Å². The summed E-state index contributed by atoms with van der Waals surface area (Å²) < 4.78 is 3.23. The minimum Gasteiger partial charge on any atom is -0.339 e. The van der Waals surface area contributed by atoms with Crippen LogP contribution in [-0.2, 0) is 0 Å². The third-order valence-corrected chi connectivity index (χ3v) is 1.37. The predicted octanol–water partition coefficient (Wildman–Crippen LogP) is -0.799. The van der Waals surface area contributed by atoms with Gasteiger partial charge in [-0.15, -0.1) is 0 Å². The molecule has 0 aliphatic carbocycles. The molecule has 4 nitrogen and oxygen atoms in total. The fraction of sp³-hybridized carbons (Fsp3) is 0.500. The quantitative estimate of drug-likeness (QED) is 0.507. The highest BCUT2D eigenvalue weighted by molar-refractivity contribution is 4.73. The van der Waals surface area contributed by atoms with E-state index in [1.165, 1.54) is 0 Å². The van der Waals surface area contributed by atoms with Crippen LogP contribution in [0, 0.1) is 6.92 Å². The lowest BCUT2D eigenvalue weighted by atomic mass is 10.7. The average molecular weight is 143 g/mol. The molecule has 0 amide bonds. The Bertz CT molecular complexity index is 198. The maximum Gasteiger partial charge on any atom is 0.331 e. The fourth-order valence-corrected chi connectivity index (χ4v) is 0.820. The Morgan fingerprint density at radius 1 is 1.50 bits per heavy atom. The van der Waals surface area contributed by atoms with Gasteiger partial charge in [0.05, 0.1) is 0 Å². The number of rotatable bonds is 2. The van der Waals surface area contributed by atoms with Gasteiger partial charge in [-0.05, 0) is 9.46 Å². The van der Waals surface area contributed by atoms with Crippen molar-refractivity contribution in [3.8, 4) is 0 Å². The third kappa shape index (κ3) is 0.920. The van der Waals surface area contributed by atoms with Crippen molar-refractivity contribution in [2.24, 2.45) is 0 Å². The first-order valence-electron chi connectivity index (χ1n) is 2.98. The van der Waals surface area contributed by atoms with E-state index in [-0.39, 0.29) is 0 Å². The van der Waals surface area contributed by atoms with Crippen molar-refractivity contribution in [3.63, 3.8) is 0 Å². The summed E-state index contributed by atoms with van der Waals surface area (Å²) in [7, 11) is 3.21. The second-order valence-corrected chi connectivity index (χ2v) is 1.86. The Labute approximate surface area is 59.5 Å². The van der Waals surface area contributed by atoms with E-state index in [9.17, 15) is 0 Å². The summed E-state index contributed by atoms with van der Waals surface area (Å²) >= 11 is 0. The molecule has 4 heteroatoms. The number of aromatic nitrogens is 2. The molecule has 0 atom stereocenters. The number of nitrogens with zero attached hydrogens (tertiary/aromatic N) is 2. The minimum atomic E-state index is 0.894. The zero-order valence-corrected chi connectivity index (χ0v) is 6.37. The maximum absolute atomic E-state index is 4.94. The highest BCUT2D eigenvalue weighted by Gasteiger charge is 2.11. The fourth-order valence-electron chi connectivity index (χ4n) is 0.820. The summed E-state index contributed by atoms with van der Waals surface area (Å²) in [4.78, 5) is 9.89. The van der Waals surface area contributed by atoms with Crippen LogP contribution in [0.4, 0.5) is 0 Å². The molecule has 0 saturated heterocycles. The maximum atomic E-state index is 4.94. The van der Waals surface area contributed by atoms with Gasteiger partial charge in [0.1, 0.15) is 14.2 Å². The molecule has 1 heterocycles. The van der Waals surface area contributed by atoms with Crippen molar-refractivity contribution in [3.05, 3.63) is 18.2 Å². The van der Waals surface area contributed by atoms with Crippen molar-refractivity contribution in [2.45, 2.75) is 6.92 Å². The van der Waals surface area contributed by atoms with Crippen molar-refractivity contribution in [1.82, 2.24) is 4.73 Å². The summed E-state index contributed by atoms with van der Waals surface area (Å²) in [5, 5.41) is 0. The van der Waals surface area contributed by atoms with Crippen LogP contribution in [-0.4, -0.2) is 19.0 Å². The van der Waals surface area contributed by atoms with Gasteiger partial charge in [-0.3, -0.25) is 0 Å². The molecule has 1 rings (SSSR count). The SMILES string of the molecule is COn1cc[n+](OC)c1C. The first-order chi connectivity index (χ1) is 4.79. The Balaban J connectivity index is 2.97. The normalized spacial score (nSPS) is 9.50. The highest BCUT2D eigenvalue weighted by Crippen LogP contribution is 1.86. The van der Waals surface area contributed by atoms with Crippen LogP contribution in [0.2, 0.25) is 0 Å². The zero-order chi connectivity index (χ0) is 7.56.